The molecule has 1 aliphatic rings. The van der Waals surface area contributed by atoms with Crippen LogP contribution in [0.2, 0.25) is 0 Å². The van der Waals surface area contributed by atoms with Crippen LogP contribution < -0.4 is 5.73 Å². The molecule has 19 heavy (non-hydrogen) atoms. The lowest BCUT2D eigenvalue weighted by molar-refractivity contribution is 0.250. The molecule has 1 aliphatic heterocycles. The van der Waals surface area contributed by atoms with Gasteiger partial charge in [-0.15, -0.1) is 0 Å². The normalized spacial score (nSPS) is 21.6. The van der Waals surface area contributed by atoms with Crippen molar-refractivity contribution in [2.75, 3.05) is 26.7 Å². The number of rotatable bonds is 4. The van der Waals surface area contributed by atoms with E-state index in [1.54, 1.807) is 0 Å². The van der Waals surface area contributed by atoms with Gasteiger partial charge in [0.2, 0.25) is 0 Å². The first-order valence-electron chi connectivity index (χ1n) is 7.48. The SMILES string of the molecule is CN1CCCC(c2cccc(CC(C)(C)CN)c2)C1. The molecule has 1 fully saturated rings. The number of likely N-dealkylation sites (tertiary alicyclic amines) is 1. The van der Waals surface area contributed by atoms with Crippen molar-refractivity contribution in [3.8, 4) is 0 Å². The highest BCUT2D eigenvalue weighted by Gasteiger charge is 2.20. The monoisotopic (exact) mass is 260 g/mol. The van der Waals surface area contributed by atoms with Crippen molar-refractivity contribution < 1.29 is 0 Å². The Morgan fingerprint density at radius 1 is 1.37 bits per heavy atom. The van der Waals surface area contributed by atoms with Crippen molar-refractivity contribution in [1.82, 2.24) is 4.90 Å². The van der Waals surface area contributed by atoms with Crippen LogP contribution in [0.3, 0.4) is 0 Å². The van der Waals surface area contributed by atoms with Crippen LogP contribution in [0, 0.1) is 5.41 Å². The Hall–Kier alpha value is -0.860. The standard InChI is InChI=1S/C17H28N2/c1-17(2,13-18)11-14-6-4-7-15(10-14)16-8-5-9-19(3)12-16/h4,6-7,10,16H,5,8-9,11-13,18H2,1-3H3. The summed E-state index contributed by atoms with van der Waals surface area (Å²) in [4.78, 5) is 2.45. The summed E-state index contributed by atoms with van der Waals surface area (Å²) in [6.07, 6.45) is 3.72. The number of hydrogen-bond acceptors (Lipinski definition) is 2. The van der Waals surface area contributed by atoms with Crippen LogP contribution in [0.4, 0.5) is 0 Å². The molecule has 0 aliphatic carbocycles. The minimum Gasteiger partial charge on any atom is -0.330 e. The van der Waals surface area contributed by atoms with Crippen LogP contribution in [0.5, 0.6) is 0 Å². The van der Waals surface area contributed by atoms with Crippen LogP contribution in [-0.2, 0) is 6.42 Å². The minimum absolute atomic E-state index is 0.196. The van der Waals surface area contributed by atoms with Gasteiger partial charge in [0.15, 0.2) is 0 Å². The molecule has 106 valence electrons. The van der Waals surface area contributed by atoms with Gasteiger partial charge in [0, 0.05) is 6.54 Å². The molecule has 1 saturated heterocycles. The molecule has 0 amide bonds. The average molecular weight is 260 g/mol. The maximum atomic E-state index is 5.85. The molecule has 0 bridgehead atoms. The molecule has 0 spiro atoms. The maximum Gasteiger partial charge on any atom is 0.00472 e. The van der Waals surface area contributed by atoms with Crippen LogP contribution >= 0.6 is 0 Å². The largest absolute Gasteiger partial charge is 0.330 e. The summed E-state index contributed by atoms with van der Waals surface area (Å²) in [5.41, 5.74) is 8.99. The molecule has 1 unspecified atom stereocenters. The van der Waals surface area contributed by atoms with Gasteiger partial charge in [-0.2, -0.15) is 0 Å². The van der Waals surface area contributed by atoms with Crippen LogP contribution in [-0.4, -0.2) is 31.6 Å². The summed E-state index contributed by atoms with van der Waals surface area (Å²) in [5, 5.41) is 0. The third-order valence-corrected chi connectivity index (χ3v) is 4.28. The highest BCUT2D eigenvalue weighted by atomic mass is 15.1. The van der Waals surface area contributed by atoms with E-state index >= 15 is 0 Å². The number of likely N-dealkylation sites (N-methyl/N-ethyl adjacent to an activating group) is 1. The minimum atomic E-state index is 0.196. The summed E-state index contributed by atoms with van der Waals surface area (Å²) in [7, 11) is 2.23. The second kappa shape index (κ2) is 6.06. The molecule has 0 aromatic heterocycles. The lowest BCUT2D eigenvalue weighted by Crippen LogP contribution is -2.31. The fraction of sp³-hybridized carbons (Fsp3) is 0.647. The zero-order chi connectivity index (χ0) is 13.9. The van der Waals surface area contributed by atoms with E-state index in [2.05, 4.69) is 50.1 Å². The molecule has 2 rings (SSSR count). The zero-order valence-electron chi connectivity index (χ0n) is 12.7. The number of benzene rings is 1. The predicted molar refractivity (Wildman–Crippen MR) is 82.5 cm³/mol. The van der Waals surface area contributed by atoms with E-state index in [9.17, 15) is 0 Å². The van der Waals surface area contributed by atoms with Crippen molar-refractivity contribution in [1.29, 1.82) is 0 Å². The molecule has 0 saturated carbocycles. The van der Waals surface area contributed by atoms with Crippen LogP contribution in [0.1, 0.15) is 43.7 Å². The Morgan fingerprint density at radius 3 is 2.84 bits per heavy atom. The lowest BCUT2D eigenvalue weighted by Gasteiger charge is -2.30. The van der Waals surface area contributed by atoms with Gasteiger partial charge in [-0.1, -0.05) is 38.1 Å². The van der Waals surface area contributed by atoms with E-state index in [1.807, 2.05) is 0 Å². The zero-order valence-corrected chi connectivity index (χ0v) is 12.7. The van der Waals surface area contributed by atoms with Crippen molar-refractivity contribution in [2.24, 2.45) is 11.1 Å². The molecular weight excluding hydrogens is 232 g/mol. The van der Waals surface area contributed by atoms with Gasteiger partial charge in [0.1, 0.15) is 0 Å². The smallest absolute Gasteiger partial charge is 0.00472 e. The van der Waals surface area contributed by atoms with Gasteiger partial charge >= 0.3 is 0 Å². The Bertz CT molecular complexity index is 411. The molecule has 0 radical (unpaired) electrons. The van der Waals surface area contributed by atoms with E-state index in [0.29, 0.717) is 5.92 Å². The van der Waals surface area contributed by atoms with Crippen molar-refractivity contribution >= 4 is 0 Å². The number of nitrogens with zero attached hydrogens (tertiary/aromatic N) is 1. The van der Waals surface area contributed by atoms with E-state index in [-0.39, 0.29) is 5.41 Å². The third-order valence-electron chi connectivity index (χ3n) is 4.28. The molecule has 2 nitrogen and oxygen atoms in total. The second-order valence-corrected chi connectivity index (χ2v) is 6.89. The highest BCUT2D eigenvalue weighted by Crippen LogP contribution is 2.28. The van der Waals surface area contributed by atoms with Crippen molar-refractivity contribution in [3.63, 3.8) is 0 Å². The summed E-state index contributed by atoms with van der Waals surface area (Å²) in [6.45, 7) is 7.67. The van der Waals surface area contributed by atoms with E-state index in [4.69, 9.17) is 5.73 Å². The molecule has 2 N–H and O–H groups in total. The van der Waals surface area contributed by atoms with Crippen LogP contribution in [0.25, 0.3) is 0 Å². The van der Waals surface area contributed by atoms with Crippen LogP contribution in [0.15, 0.2) is 24.3 Å². The Labute approximate surface area is 118 Å². The number of hydrogen-bond donors (Lipinski definition) is 1. The molecule has 1 heterocycles. The Morgan fingerprint density at radius 2 is 2.16 bits per heavy atom. The molecule has 1 aromatic rings. The first kappa shape index (κ1) is 14.5. The second-order valence-electron chi connectivity index (χ2n) is 6.89. The topological polar surface area (TPSA) is 29.3 Å². The Kier molecular flexibility index (Phi) is 4.64. The Balaban J connectivity index is 2.10. The summed E-state index contributed by atoms with van der Waals surface area (Å²) in [5.74, 6) is 0.708. The van der Waals surface area contributed by atoms with Gasteiger partial charge in [0.05, 0.1) is 0 Å². The van der Waals surface area contributed by atoms with Gasteiger partial charge < -0.3 is 10.6 Å². The molecule has 2 heteroatoms. The maximum absolute atomic E-state index is 5.85. The fourth-order valence-corrected chi connectivity index (χ4v) is 3.02. The summed E-state index contributed by atoms with van der Waals surface area (Å²) in [6, 6.07) is 9.16. The van der Waals surface area contributed by atoms with E-state index in [0.717, 1.165) is 13.0 Å². The highest BCUT2D eigenvalue weighted by molar-refractivity contribution is 5.28. The van der Waals surface area contributed by atoms with Gasteiger partial charge in [-0.25, -0.2) is 0 Å². The average Bonchev–Trinajstić information content (AvgIpc) is 2.38. The van der Waals surface area contributed by atoms with Crippen molar-refractivity contribution in [2.45, 2.75) is 39.0 Å². The molecular formula is C17H28N2. The summed E-state index contributed by atoms with van der Waals surface area (Å²) >= 11 is 0. The predicted octanol–water partition coefficient (Wildman–Crippen LogP) is 3.02. The van der Waals surface area contributed by atoms with E-state index < -0.39 is 0 Å². The summed E-state index contributed by atoms with van der Waals surface area (Å²) < 4.78 is 0. The third kappa shape index (κ3) is 4.05. The number of piperidine rings is 1. The quantitative estimate of drug-likeness (QED) is 0.901. The van der Waals surface area contributed by atoms with Crippen molar-refractivity contribution in [3.05, 3.63) is 35.4 Å². The first-order valence-corrected chi connectivity index (χ1v) is 7.48. The first-order chi connectivity index (χ1) is 9.00. The number of nitrogens with two attached hydrogens (primary N) is 1. The molecule has 1 aromatic carbocycles. The van der Waals surface area contributed by atoms with E-state index in [1.165, 1.54) is 37.1 Å². The van der Waals surface area contributed by atoms with Gasteiger partial charge in [0.25, 0.3) is 0 Å². The van der Waals surface area contributed by atoms with Gasteiger partial charge in [-0.05, 0) is 61.9 Å². The molecule has 1 atom stereocenters. The van der Waals surface area contributed by atoms with Gasteiger partial charge in [-0.3, -0.25) is 0 Å². The lowest BCUT2D eigenvalue weighted by atomic mass is 9.83. The fourth-order valence-electron chi connectivity index (χ4n) is 3.02.